The monoisotopic (exact) mass is 1250 g/mol. The van der Waals surface area contributed by atoms with E-state index in [1.807, 2.05) is 0 Å². The summed E-state index contributed by atoms with van der Waals surface area (Å²) in [6.45, 7) is 9.27. The van der Waals surface area contributed by atoms with Gasteiger partial charge in [0.25, 0.3) is 0 Å². The number of hydrogen-bond donors (Lipinski definition) is 3. The first kappa shape index (κ1) is 82.5. The van der Waals surface area contributed by atoms with Crippen LogP contribution in [0, 0.1) is 11.8 Å². The summed E-state index contributed by atoms with van der Waals surface area (Å²) in [4.78, 5) is 72.0. The van der Waals surface area contributed by atoms with Crippen LogP contribution in [-0.2, 0) is 65.4 Å². The number of phosphoric ester groups is 2. The lowest BCUT2D eigenvalue weighted by molar-refractivity contribution is -0.161. The first-order valence-electron chi connectivity index (χ1n) is 33.8. The van der Waals surface area contributed by atoms with Gasteiger partial charge in [0.2, 0.25) is 0 Å². The molecule has 0 rings (SSSR count). The minimum atomic E-state index is -4.95. The van der Waals surface area contributed by atoms with Gasteiger partial charge in [0.1, 0.15) is 19.3 Å². The molecule has 0 amide bonds. The molecule has 0 aromatic carbocycles. The Kier molecular flexibility index (Phi) is 56.3. The molecule has 0 saturated heterocycles. The van der Waals surface area contributed by atoms with Crippen molar-refractivity contribution in [2.45, 2.75) is 323 Å². The van der Waals surface area contributed by atoms with Gasteiger partial charge in [0.05, 0.1) is 26.4 Å². The second-order valence-corrected chi connectivity index (χ2v) is 27.0. The molecule has 0 aromatic rings. The molecule has 0 aliphatic rings. The predicted octanol–water partition coefficient (Wildman–Crippen LogP) is 18.0. The molecule has 0 fully saturated rings. The van der Waals surface area contributed by atoms with Gasteiger partial charge in [-0.05, 0) is 63.2 Å². The number of unbranched alkanes of at least 4 members (excludes halogenated alkanes) is 30. The van der Waals surface area contributed by atoms with Gasteiger partial charge in [-0.3, -0.25) is 37.3 Å². The van der Waals surface area contributed by atoms with Crippen molar-refractivity contribution in [1.29, 1.82) is 0 Å². The topological polar surface area (TPSA) is 237 Å². The van der Waals surface area contributed by atoms with Crippen LogP contribution in [0.1, 0.15) is 305 Å². The van der Waals surface area contributed by atoms with Gasteiger partial charge >= 0.3 is 39.5 Å². The van der Waals surface area contributed by atoms with E-state index in [1.165, 1.54) is 96.3 Å². The second-order valence-electron chi connectivity index (χ2n) is 24.1. The van der Waals surface area contributed by atoms with E-state index in [2.05, 4.69) is 65.8 Å². The van der Waals surface area contributed by atoms with Crippen molar-refractivity contribution >= 4 is 39.5 Å². The highest BCUT2D eigenvalue weighted by molar-refractivity contribution is 7.47. The summed E-state index contributed by atoms with van der Waals surface area (Å²) in [5.74, 6) is -0.724. The molecule has 3 N–H and O–H groups in total. The van der Waals surface area contributed by atoms with Crippen LogP contribution in [0.3, 0.4) is 0 Å². The van der Waals surface area contributed by atoms with Crippen LogP contribution in [0.4, 0.5) is 0 Å². The lowest BCUT2D eigenvalue weighted by atomic mass is 10.0. The van der Waals surface area contributed by atoms with E-state index in [9.17, 15) is 43.2 Å². The Morgan fingerprint density at radius 2 is 0.635 bits per heavy atom. The molecule has 19 heteroatoms. The number of rotatable bonds is 63. The molecule has 0 aliphatic heterocycles. The summed E-state index contributed by atoms with van der Waals surface area (Å²) in [6, 6.07) is 0. The molecule has 0 saturated carbocycles. The maximum absolute atomic E-state index is 13.0. The third-order valence-electron chi connectivity index (χ3n) is 14.6. The van der Waals surface area contributed by atoms with E-state index in [1.54, 1.807) is 0 Å². The molecule has 0 radical (unpaired) electrons. The molecule has 0 spiro atoms. The van der Waals surface area contributed by atoms with E-state index in [0.717, 1.165) is 121 Å². The zero-order valence-electron chi connectivity index (χ0n) is 54.4. The second kappa shape index (κ2) is 57.9. The van der Waals surface area contributed by atoms with Crippen LogP contribution < -0.4 is 0 Å². The lowest BCUT2D eigenvalue weighted by Crippen LogP contribution is -2.30. The van der Waals surface area contributed by atoms with Gasteiger partial charge < -0.3 is 33.8 Å². The third kappa shape index (κ3) is 60.2. The Morgan fingerprint density at radius 1 is 0.365 bits per heavy atom. The van der Waals surface area contributed by atoms with Gasteiger partial charge in [0.15, 0.2) is 12.2 Å². The average Bonchev–Trinajstić information content (AvgIpc) is 3.52. The van der Waals surface area contributed by atoms with Crippen molar-refractivity contribution < 1.29 is 80.2 Å². The summed E-state index contributed by atoms with van der Waals surface area (Å²) in [6.07, 6.45) is 44.5. The fourth-order valence-corrected chi connectivity index (χ4v) is 10.9. The van der Waals surface area contributed by atoms with Gasteiger partial charge in [-0.2, -0.15) is 0 Å². The summed E-state index contributed by atoms with van der Waals surface area (Å²) in [5, 5.41) is 10.5. The van der Waals surface area contributed by atoms with Crippen molar-refractivity contribution in [2.75, 3.05) is 39.6 Å². The molecule has 0 bridgehead atoms. The summed E-state index contributed by atoms with van der Waals surface area (Å²) in [5.41, 5.74) is 0. The van der Waals surface area contributed by atoms with Crippen LogP contribution >= 0.6 is 15.6 Å². The predicted molar refractivity (Wildman–Crippen MR) is 340 cm³/mol. The molecule has 0 heterocycles. The number of allylic oxidation sites excluding steroid dienone is 4. The first-order valence-corrected chi connectivity index (χ1v) is 36.8. The summed E-state index contributed by atoms with van der Waals surface area (Å²) < 4.78 is 67.8. The smallest absolute Gasteiger partial charge is 0.462 e. The van der Waals surface area contributed by atoms with Crippen molar-refractivity contribution in [3.63, 3.8) is 0 Å². The van der Waals surface area contributed by atoms with Crippen LogP contribution in [0.15, 0.2) is 24.3 Å². The number of hydrogen-bond acceptors (Lipinski definition) is 15. The van der Waals surface area contributed by atoms with Crippen molar-refractivity contribution in [3.05, 3.63) is 24.3 Å². The van der Waals surface area contributed by atoms with Crippen molar-refractivity contribution in [1.82, 2.24) is 0 Å². The molecule has 17 nitrogen and oxygen atoms in total. The van der Waals surface area contributed by atoms with Gasteiger partial charge in [0, 0.05) is 25.7 Å². The van der Waals surface area contributed by atoms with Gasteiger partial charge in [-0.1, -0.05) is 252 Å². The lowest BCUT2D eigenvalue weighted by Gasteiger charge is -2.21. The van der Waals surface area contributed by atoms with Crippen LogP contribution in [0.2, 0.25) is 0 Å². The van der Waals surface area contributed by atoms with Crippen molar-refractivity contribution in [2.24, 2.45) is 11.8 Å². The first-order chi connectivity index (χ1) is 40.9. The number of aliphatic hydroxyl groups is 1. The average molecular weight is 1250 g/mol. The Labute approximate surface area is 516 Å². The summed E-state index contributed by atoms with van der Waals surface area (Å²) in [7, 11) is -9.89. The molecule has 5 atom stereocenters. The highest BCUT2D eigenvalue weighted by atomic mass is 31.2. The van der Waals surface area contributed by atoms with E-state index in [-0.39, 0.29) is 25.7 Å². The van der Waals surface area contributed by atoms with E-state index >= 15 is 0 Å². The van der Waals surface area contributed by atoms with E-state index < -0.39 is 97.5 Å². The maximum atomic E-state index is 13.0. The zero-order chi connectivity index (χ0) is 62.9. The Hall–Kier alpha value is -2.46. The zero-order valence-corrected chi connectivity index (χ0v) is 56.2. The fourth-order valence-electron chi connectivity index (χ4n) is 9.34. The number of carbonyl (C=O) groups is 4. The minimum absolute atomic E-state index is 0.0987. The minimum Gasteiger partial charge on any atom is -0.462 e. The molecule has 0 aliphatic carbocycles. The Bertz CT molecular complexity index is 1760. The van der Waals surface area contributed by atoms with Crippen molar-refractivity contribution in [3.8, 4) is 0 Å². The van der Waals surface area contributed by atoms with Crippen LogP contribution in [-0.4, -0.2) is 96.7 Å². The highest BCUT2D eigenvalue weighted by Gasteiger charge is 2.30. The molecule has 0 aromatic heterocycles. The molecular formula is C66H124O17P2. The molecular weight excluding hydrogens is 1130 g/mol. The fraction of sp³-hybridized carbons (Fsp3) is 0.879. The number of esters is 4. The van der Waals surface area contributed by atoms with Gasteiger partial charge in [-0.15, -0.1) is 0 Å². The Morgan fingerprint density at radius 3 is 0.965 bits per heavy atom. The SMILES string of the molecule is CCCCCC/C=C\C=C/CCCCCCCC(=O)OC[C@H](COP(=O)(O)OC[C@@H](O)COP(=O)(O)OC[C@@H](COC(=O)CCCCCCC)OC(=O)CCCCCCCCC(C)C)OC(=O)CCCCCCCCCCCCCCCC(C)C. The number of aliphatic hydroxyl groups excluding tert-OH is 1. The van der Waals surface area contributed by atoms with E-state index in [4.69, 9.17) is 37.0 Å². The van der Waals surface area contributed by atoms with E-state index in [0.29, 0.717) is 31.6 Å². The largest absolute Gasteiger partial charge is 0.472 e. The van der Waals surface area contributed by atoms with Crippen LogP contribution in [0.25, 0.3) is 0 Å². The standard InChI is InChI=1S/C66H124O17P2/c1-7-9-11-13-14-15-16-17-18-21-24-27-30-37-43-49-64(69)77-55-62(82-65(70)50-44-38-31-28-25-22-19-20-23-26-29-35-40-46-58(3)4)57-81-85(74,75)79-53-60(67)52-78-84(72,73)80-56-61(54-76-63(68)48-42-34-12-10-8-2)83-66(71)51-45-39-33-32-36-41-47-59(5)6/h15-18,58-62,67H,7-14,19-57H2,1-6H3,(H,72,73)(H,74,75)/b16-15-,18-17-/t60-,61+,62+/m0/s1. The third-order valence-corrected chi connectivity index (χ3v) is 16.5. The Balaban J connectivity index is 5.20. The number of phosphoric acid groups is 2. The van der Waals surface area contributed by atoms with Gasteiger partial charge in [-0.25, -0.2) is 9.13 Å². The summed E-state index contributed by atoms with van der Waals surface area (Å²) >= 11 is 0. The quantitative estimate of drug-likeness (QED) is 0.0169. The normalized spacial score (nSPS) is 14.4. The number of carbonyl (C=O) groups excluding carboxylic acids is 4. The number of ether oxygens (including phenoxy) is 4. The molecule has 2 unspecified atom stereocenters. The molecule has 500 valence electrons. The highest BCUT2D eigenvalue weighted by Crippen LogP contribution is 2.45. The van der Waals surface area contributed by atoms with Crippen LogP contribution in [0.5, 0.6) is 0 Å². The maximum Gasteiger partial charge on any atom is 0.472 e. The molecule has 85 heavy (non-hydrogen) atoms.